The van der Waals surface area contributed by atoms with Gasteiger partial charge in [0.05, 0.1) is 12.8 Å². The number of nitrogens with one attached hydrogen (secondary N) is 1. The Balaban J connectivity index is 0. The van der Waals surface area contributed by atoms with Gasteiger partial charge in [0.2, 0.25) is 0 Å². The molecule has 140 valence electrons. The van der Waals surface area contributed by atoms with Gasteiger partial charge < -0.3 is 25.4 Å². The van der Waals surface area contributed by atoms with Gasteiger partial charge in [-0.25, -0.2) is 9.59 Å². The van der Waals surface area contributed by atoms with Crippen LogP contribution >= 0.6 is 0 Å². The van der Waals surface area contributed by atoms with Crippen molar-refractivity contribution >= 4 is 24.0 Å². The molecule has 0 aromatic carbocycles. The normalized spacial score (nSPS) is 11.8. The second-order valence-corrected chi connectivity index (χ2v) is 6.45. The number of aliphatic carboxylic acids is 3. The molecule has 9 heteroatoms. The molecule has 24 heavy (non-hydrogen) atoms. The Bertz CT molecular complexity index is 425. The van der Waals surface area contributed by atoms with Gasteiger partial charge in [-0.2, -0.15) is 0 Å². The maximum atomic E-state index is 11.4. The first-order valence-electron chi connectivity index (χ1n) is 7.40. The first-order chi connectivity index (χ1) is 10.7. The molecule has 0 aliphatic heterocycles. The van der Waals surface area contributed by atoms with E-state index in [1.54, 1.807) is 20.8 Å². The average Bonchev–Trinajstić information content (AvgIpc) is 2.33. The largest absolute Gasteiger partial charge is 0.481 e. The van der Waals surface area contributed by atoms with E-state index in [0.717, 1.165) is 0 Å². The van der Waals surface area contributed by atoms with Gasteiger partial charge in [0, 0.05) is 0 Å². The minimum atomic E-state index is -1.08. The van der Waals surface area contributed by atoms with Gasteiger partial charge in [0.25, 0.3) is 0 Å². The van der Waals surface area contributed by atoms with Gasteiger partial charge in [0.1, 0.15) is 11.6 Å². The highest BCUT2D eigenvalue weighted by Gasteiger charge is 2.24. The Morgan fingerprint density at radius 1 is 0.958 bits per heavy atom. The molecule has 0 saturated heterocycles. The minimum absolute atomic E-state index is 0.191. The Kier molecular flexibility index (Phi) is 11.2. The van der Waals surface area contributed by atoms with Gasteiger partial charge in [-0.3, -0.25) is 9.59 Å². The number of amides is 1. The first-order valence-corrected chi connectivity index (χ1v) is 7.40. The van der Waals surface area contributed by atoms with Crippen LogP contribution in [0.1, 0.15) is 53.9 Å². The maximum Gasteiger partial charge on any atom is 0.408 e. The molecule has 0 saturated carbocycles. The van der Waals surface area contributed by atoms with Crippen LogP contribution in [0.5, 0.6) is 0 Å². The van der Waals surface area contributed by atoms with Crippen molar-refractivity contribution in [1.29, 1.82) is 0 Å². The van der Waals surface area contributed by atoms with Crippen molar-refractivity contribution in [3.05, 3.63) is 0 Å². The Hall–Kier alpha value is -2.32. The van der Waals surface area contributed by atoms with E-state index in [-0.39, 0.29) is 18.8 Å². The van der Waals surface area contributed by atoms with E-state index in [9.17, 15) is 19.2 Å². The van der Waals surface area contributed by atoms with Gasteiger partial charge >= 0.3 is 24.0 Å². The number of rotatable bonds is 7. The third-order valence-corrected chi connectivity index (χ3v) is 2.25. The number of ether oxygens (including phenoxy) is 1. The van der Waals surface area contributed by atoms with Gasteiger partial charge in [-0.05, 0) is 33.1 Å². The fraction of sp³-hybridized carbons (Fsp3) is 0.733. The number of alkyl carbamates (subject to hydrolysis) is 1. The van der Waals surface area contributed by atoms with Crippen molar-refractivity contribution in [3.63, 3.8) is 0 Å². The molecular weight excluding hydrogens is 322 g/mol. The zero-order valence-corrected chi connectivity index (χ0v) is 14.7. The molecule has 1 atom stereocenters. The zero-order chi connectivity index (χ0) is 19.5. The van der Waals surface area contributed by atoms with Crippen molar-refractivity contribution in [2.45, 2.75) is 65.5 Å². The molecule has 0 aliphatic carbocycles. The summed E-state index contributed by atoms with van der Waals surface area (Å²) in [6.07, 6.45) is -0.903. The standard InChI is InChI=1S/C11H21NO4.C4H6O4/c1-7(2)6-8(9(13)14)12-10(15)16-11(3,4)5;5-3(6)1-2-4(7)8/h7-8H,6H2,1-5H3,(H,12,15)(H,13,14);1-2H2,(H,5,6)(H,7,8)/t8-;/m0./s1. The second kappa shape index (κ2) is 11.3. The maximum absolute atomic E-state index is 11.4. The number of hydrogen-bond donors (Lipinski definition) is 4. The van der Waals surface area contributed by atoms with E-state index in [2.05, 4.69) is 5.32 Å². The fourth-order valence-electron chi connectivity index (χ4n) is 1.36. The van der Waals surface area contributed by atoms with E-state index in [1.807, 2.05) is 13.8 Å². The number of hydrogen-bond acceptors (Lipinski definition) is 5. The molecular formula is C15H27NO8. The summed E-state index contributed by atoms with van der Waals surface area (Å²) in [7, 11) is 0. The van der Waals surface area contributed by atoms with Crippen LogP contribution in [0.25, 0.3) is 0 Å². The molecule has 0 aromatic rings. The zero-order valence-electron chi connectivity index (χ0n) is 14.7. The SMILES string of the molecule is CC(C)C[C@H](NC(=O)OC(C)(C)C)C(=O)O.O=C(O)CCC(=O)O. The number of carbonyl (C=O) groups excluding carboxylic acids is 1. The third kappa shape index (κ3) is 17.7. The van der Waals surface area contributed by atoms with Crippen LogP contribution in [0.15, 0.2) is 0 Å². The summed E-state index contributed by atoms with van der Waals surface area (Å²) in [5, 5.41) is 27.0. The van der Waals surface area contributed by atoms with E-state index in [4.69, 9.17) is 20.1 Å². The highest BCUT2D eigenvalue weighted by Crippen LogP contribution is 2.09. The number of carboxylic acids is 3. The fourth-order valence-corrected chi connectivity index (χ4v) is 1.36. The molecule has 0 radical (unpaired) electrons. The smallest absolute Gasteiger partial charge is 0.408 e. The van der Waals surface area contributed by atoms with Crippen molar-refractivity contribution in [1.82, 2.24) is 5.32 Å². The molecule has 0 spiro atoms. The number of carboxylic acid groups (broad SMARTS) is 3. The van der Waals surface area contributed by atoms with Gasteiger partial charge in [0.15, 0.2) is 0 Å². The number of carbonyl (C=O) groups is 4. The Morgan fingerprint density at radius 3 is 1.62 bits per heavy atom. The van der Waals surface area contributed by atoms with Crippen molar-refractivity contribution < 1.29 is 39.2 Å². The summed E-state index contributed by atoms with van der Waals surface area (Å²) >= 11 is 0. The average molecular weight is 349 g/mol. The Morgan fingerprint density at radius 2 is 1.38 bits per heavy atom. The first kappa shape index (κ1) is 23.9. The second-order valence-electron chi connectivity index (χ2n) is 6.45. The predicted molar refractivity (Wildman–Crippen MR) is 84.8 cm³/mol. The van der Waals surface area contributed by atoms with Crippen LogP contribution < -0.4 is 5.32 Å². The highest BCUT2D eigenvalue weighted by atomic mass is 16.6. The molecule has 0 aromatic heterocycles. The summed E-state index contributed by atoms with van der Waals surface area (Å²) in [5.41, 5.74) is -0.620. The topological polar surface area (TPSA) is 150 Å². The lowest BCUT2D eigenvalue weighted by Crippen LogP contribution is -2.44. The Labute approximate surface area is 141 Å². The molecule has 0 unspecified atom stereocenters. The van der Waals surface area contributed by atoms with Crippen LogP contribution in [0.4, 0.5) is 4.79 Å². The van der Waals surface area contributed by atoms with Crippen molar-refractivity contribution in [2.24, 2.45) is 5.92 Å². The molecule has 9 nitrogen and oxygen atoms in total. The lowest BCUT2D eigenvalue weighted by atomic mass is 10.0. The summed E-state index contributed by atoms with van der Waals surface area (Å²) in [5.74, 6) is -3.00. The van der Waals surface area contributed by atoms with E-state index in [1.165, 1.54) is 0 Å². The predicted octanol–water partition coefficient (Wildman–Crippen LogP) is 1.95. The summed E-state index contributed by atoms with van der Waals surface area (Å²) < 4.78 is 4.99. The molecule has 4 N–H and O–H groups in total. The van der Waals surface area contributed by atoms with Crippen molar-refractivity contribution in [2.75, 3.05) is 0 Å². The lowest BCUT2D eigenvalue weighted by Gasteiger charge is -2.22. The summed E-state index contributed by atoms with van der Waals surface area (Å²) in [6.45, 7) is 8.97. The monoisotopic (exact) mass is 349 g/mol. The van der Waals surface area contributed by atoms with E-state index in [0.29, 0.717) is 6.42 Å². The molecule has 0 aliphatic rings. The van der Waals surface area contributed by atoms with Gasteiger partial charge in [-0.15, -0.1) is 0 Å². The molecule has 0 bridgehead atoms. The molecule has 0 heterocycles. The highest BCUT2D eigenvalue weighted by molar-refractivity contribution is 5.80. The van der Waals surface area contributed by atoms with Gasteiger partial charge in [-0.1, -0.05) is 13.8 Å². The van der Waals surface area contributed by atoms with Crippen LogP contribution in [-0.4, -0.2) is 51.0 Å². The summed E-state index contributed by atoms with van der Waals surface area (Å²) in [4.78, 5) is 41.5. The van der Waals surface area contributed by atoms with Crippen LogP contribution in [-0.2, 0) is 19.1 Å². The van der Waals surface area contributed by atoms with E-state index < -0.39 is 35.6 Å². The molecule has 0 fully saturated rings. The van der Waals surface area contributed by atoms with Crippen molar-refractivity contribution in [3.8, 4) is 0 Å². The quantitative estimate of drug-likeness (QED) is 0.544. The minimum Gasteiger partial charge on any atom is -0.481 e. The van der Waals surface area contributed by atoms with Crippen LogP contribution in [0.3, 0.4) is 0 Å². The summed E-state index contributed by atoms with van der Waals surface area (Å²) in [6, 6.07) is -0.894. The molecule has 1 amide bonds. The van der Waals surface area contributed by atoms with Crippen LogP contribution in [0, 0.1) is 5.92 Å². The lowest BCUT2D eigenvalue weighted by molar-refractivity contribution is -0.143. The van der Waals surface area contributed by atoms with E-state index >= 15 is 0 Å². The third-order valence-electron chi connectivity index (χ3n) is 2.25. The van der Waals surface area contributed by atoms with Crippen LogP contribution in [0.2, 0.25) is 0 Å². The molecule has 0 rings (SSSR count).